The molecule has 202 valence electrons. The summed E-state index contributed by atoms with van der Waals surface area (Å²) in [6.45, 7) is 7.57. The molecule has 0 saturated heterocycles. The second-order valence-electron chi connectivity index (χ2n) is 7.57. The molecule has 0 fully saturated rings. The largest absolute Gasteiger partial charge is 0.483 e. The van der Waals surface area contributed by atoms with Crippen molar-refractivity contribution in [1.29, 1.82) is 0 Å². The van der Waals surface area contributed by atoms with E-state index in [0.717, 1.165) is 27.8 Å². The molecule has 0 radical (unpaired) electrons. The van der Waals surface area contributed by atoms with Gasteiger partial charge in [-0.1, -0.05) is 43.4 Å². The Hall–Kier alpha value is -4.10. The first kappa shape index (κ1) is 30.1. The van der Waals surface area contributed by atoms with E-state index in [2.05, 4.69) is 31.1 Å². The van der Waals surface area contributed by atoms with Crippen LogP contribution in [0, 0.1) is 6.92 Å². The molecule has 11 nitrogen and oxygen atoms in total. The molecule has 1 unspecified atom stereocenters. The third kappa shape index (κ3) is 8.49. The molecule has 1 aromatic carbocycles. The Morgan fingerprint density at radius 1 is 1.16 bits per heavy atom. The number of nitrogens with one attached hydrogen (secondary N) is 4. The smallest absolute Gasteiger partial charge is 0.290 e. The zero-order valence-electron chi connectivity index (χ0n) is 21.4. The molecule has 1 atom stereocenters. The lowest BCUT2D eigenvalue weighted by molar-refractivity contribution is -0.123. The first-order valence-corrected chi connectivity index (χ1v) is 13.4. The lowest BCUT2D eigenvalue weighted by Crippen LogP contribution is -2.41. The highest BCUT2D eigenvalue weighted by Gasteiger charge is 2.19. The third-order valence-electron chi connectivity index (χ3n) is 4.87. The summed E-state index contributed by atoms with van der Waals surface area (Å²) in [7, 11) is 0. The van der Waals surface area contributed by atoms with Crippen molar-refractivity contribution >= 4 is 62.9 Å². The molecule has 4 aromatic rings. The van der Waals surface area contributed by atoms with Crippen molar-refractivity contribution in [2.24, 2.45) is 0 Å². The number of carboxylic acid groups (broad SMARTS) is 1. The summed E-state index contributed by atoms with van der Waals surface area (Å²) in [4.78, 5) is 51.0. The van der Waals surface area contributed by atoms with Crippen molar-refractivity contribution in [2.45, 2.75) is 40.2 Å². The highest BCUT2D eigenvalue weighted by molar-refractivity contribution is 7.17. The van der Waals surface area contributed by atoms with Crippen molar-refractivity contribution in [3.05, 3.63) is 62.9 Å². The van der Waals surface area contributed by atoms with Crippen LogP contribution in [0.25, 0.3) is 10.9 Å². The van der Waals surface area contributed by atoms with Crippen LogP contribution in [-0.2, 0) is 16.0 Å². The molecule has 3 aromatic heterocycles. The second-order valence-corrected chi connectivity index (χ2v) is 9.52. The van der Waals surface area contributed by atoms with Crippen LogP contribution in [-0.4, -0.2) is 57.1 Å². The van der Waals surface area contributed by atoms with E-state index < -0.39 is 0 Å². The number of rotatable bonds is 8. The minimum atomic E-state index is -0.300. The number of thiazole rings is 1. The lowest BCUT2D eigenvalue weighted by atomic mass is 10.1. The van der Waals surface area contributed by atoms with E-state index in [1.54, 1.807) is 19.2 Å². The number of aromatic amines is 1. The average molecular weight is 559 g/mol. The summed E-state index contributed by atoms with van der Waals surface area (Å²) < 4.78 is 0. The number of nitrogens with zero attached hydrogens (tertiary/aromatic N) is 2. The highest BCUT2D eigenvalue weighted by Crippen LogP contribution is 2.23. The summed E-state index contributed by atoms with van der Waals surface area (Å²) in [5, 5.41) is 25.3. The zero-order valence-corrected chi connectivity index (χ0v) is 23.0. The summed E-state index contributed by atoms with van der Waals surface area (Å²) in [6.07, 6.45) is 1.86. The Bertz CT molecular complexity index is 1350. The van der Waals surface area contributed by atoms with Gasteiger partial charge in [0, 0.05) is 18.0 Å². The number of aromatic nitrogens is 3. The predicted molar refractivity (Wildman–Crippen MR) is 149 cm³/mol. The van der Waals surface area contributed by atoms with Crippen molar-refractivity contribution in [3.63, 3.8) is 0 Å². The van der Waals surface area contributed by atoms with Crippen LogP contribution in [0.1, 0.15) is 51.4 Å². The molecule has 0 saturated carbocycles. The van der Waals surface area contributed by atoms with Crippen LogP contribution in [0.5, 0.6) is 0 Å². The Morgan fingerprint density at radius 2 is 1.89 bits per heavy atom. The minimum absolute atomic E-state index is 0.165. The molecule has 13 heteroatoms. The average Bonchev–Trinajstić information content (AvgIpc) is 3.66. The summed E-state index contributed by atoms with van der Waals surface area (Å²) in [5.41, 5.74) is 2.24. The molecule has 0 aliphatic rings. The van der Waals surface area contributed by atoms with Gasteiger partial charge in [-0.3, -0.25) is 24.3 Å². The molecule has 0 bridgehead atoms. The number of anilines is 1. The Labute approximate surface area is 227 Å². The third-order valence-corrected chi connectivity index (χ3v) is 6.81. The quantitative estimate of drug-likeness (QED) is 0.205. The summed E-state index contributed by atoms with van der Waals surface area (Å²) in [6, 6.07) is 8.91. The van der Waals surface area contributed by atoms with E-state index in [4.69, 9.17) is 9.90 Å². The van der Waals surface area contributed by atoms with E-state index in [1.807, 2.05) is 50.4 Å². The number of hydrogen-bond acceptors (Lipinski definition) is 8. The van der Waals surface area contributed by atoms with Gasteiger partial charge in [-0.05, 0) is 36.9 Å². The van der Waals surface area contributed by atoms with E-state index in [1.165, 1.54) is 11.3 Å². The number of amides is 3. The maximum Gasteiger partial charge on any atom is 0.290 e. The maximum absolute atomic E-state index is 12.7. The zero-order chi connectivity index (χ0) is 28.1. The summed E-state index contributed by atoms with van der Waals surface area (Å²) >= 11 is 2.48. The van der Waals surface area contributed by atoms with Gasteiger partial charge in [-0.25, -0.2) is 4.98 Å². The monoisotopic (exact) mass is 558 g/mol. The van der Waals surface area contributed by atoms with Gasteiger partial charge in [-0.2, -0.15) is 5.10 Å². The Morgan fingerprint density at radius 3 is 2.58 bits per heavy atom. The predicted octanol–water partition coefficient (Wildman–Crippen LogP) is 3.85. The lowest BCUT2D eigenvalue weighted by Gasteiger charge is -2.14. The number of fused-ring (bicyclic) bond motifs is 1. The number of H-pyrrole nitrogens is 1. The van der Waals surface area contributed by atoms with Gasteiger partial charge < -0.3 is 21.1 Å². The molecule has 0 spiro atoms. The SMILES string of the molecule is CC.Cc1nc(NC(=O)Cc2cccc3[nH]ncc23)sc1C(=O)NC(C)CNC(=O)c1cccs1.O=CO. The van der Waals surface area contributed by atoms with Gasteiger partial charge in [0.2, 0.25) is 5.91 Å². The number of carbonyl (C=O) groups is 4. The van der Waals surface area contributed by atoms with Gasteiger partial charge in [-0.15, -0.1) is 11.3 Å². The topological polar surface area (TPSA) is 166 Å². The molecule has 3 amide bonds. The van der Waals surface area contributed by atoms with Crippen LogP contribution in [0.4, 0.5) is 5.13 Å². The van der Waals surface area contributed by atoms with Crippen LogP contribution in [0.2, 0.25) is 0 Å². The van der Waals surface area contributed by atoms with Crippen LogP contribution >= 0.6 is 22.7 Å². The molecule has 5 N–H and O–H groups in total. The molecule has 38 heavy (non-hydrogen) atoms. The van der Waals surface area contributed by atoms with E-state index in [-0.39, 0.29) is 36.7 Å². The number of aryl methyl sites for hydroxylation is 1. The molecule has 0 aliphatic heterocycles. The van der Waals surface area contributed by atoms with Gasteiger partial charge in [0.15, 0.2) is 5.13 Å². The summed E-state index contributed by atoms with van der Waals surface area (Å²) in [5.74, 6) is -0.697. The van der Waals surface area contributed by atoms with E-state index in [0.29, 0.717) is 27.1 Å². The number of carbonyl (C=O) groups excluding carboxylic acids is 3. The van der Waals surface area contributed by atoms with Crippen LogP contribution < -0.4 is 16.0 Å². The van der Waals surface area contributed by atoms with Gasteiger partial charge >= 0.3 is 0 Å². The fourth-order valence-corrected chi connectivity index (χ4v) is 4.79. The maximum atomic E-state index is 12.7. The minimum Gasteiger partial charge on any atom is -0.483 e. The van der Waals surface area contributed by atoms with Crippen molar-refractivity contribution in [2.75, 3.05) is 11.9 Å². The van der Waals surface area contributed by atoms with Gasteiger partial charge in [0.1, 0.15) is 4.88 Å². The highest BCUT2D eigenvalue weighted by atomic mass is 32.1. The normalized spacial score (nSPS) is 10.7. The van der Waals surface area contributed by atoms with Crippen LogP contribution in [0.3, 0.4) is 0 Å². The number of hydrogen-bond donors (Lipinski definition) is 5. The first-order chi connectivity index (χ1) is 18.3. The van der Waals surface area contributed by atoms with Crippen molar-refractivity contribution in [3.8, 4) is 0 Å². The fraction of sp³-hybridized carbons (Fsp3) is 0.280. The number of benzene rings is 1. The molecule has 0 aliphatic carbocycles. The van der Waals surface area contributed by atoms with Crippen molar-refractivity contribution < 1.29 is 24.3 Å². The molecule has 4 rings (SSSR count). The number of thiophene rings is 1. The first-order valence-electron chi connectivity index (χ1n) is 11.7. The van der Waals surface area contributed by atoms with Crippen molar-refractivity contribution in [1.82, 2.24) is 25.8 Å². The molecular weight excluding hydrogens is 528 g/mol. The van der Waals surface area contributed by atoms with E-state index in [9.17, 15) is 14.4 Å². The Kier molecular flexibility index (Phi) is 12.1. The Balaban J connectivity index is 0.000000947. The standard InChI is InChI=1S/C22H22N6O3S2.C2H6.CH2O2/c1-12(10-23-20(30)17-7-4-8-32-17)25-21(31)19-13(2)26-22(33-19)27-18(29)9-14-5-3-6-16-15(14)11-24-28-16;1-2;2-1-3/h3-8,11-12H,9-10H2,1-2H3,(H,23,30)(H,24,28)(H,25,31)(H,26,27,29);1-2H3;1H,(H,2,3). The molecule has 3 heterocycles. The van der Waals surface area contributed by atoms with Gasteiger partial charge in [0.05, 0.1) is 28.7 Å². The van der Waals surface area contributed by atoms with E-state index >= 15 is 0 Å². The second kappa shape index (κ2) is 15.2. The molecular formula is C25H30N6O5S2. The van der Waals surface area contributed by atoms with Gasteiger partial charge in [0.25, 0.3) is 18.3 Å². The van der Waals surface area contributed by atoms with Crippen LogP contribution in [0.15, 0.2) is 41.9 Å². The fourth-order valence-electron chi connectivity index (χ4n) is 3.26.